The SMILES string of the molecule is CCCN(CCCC(=O)C1CCCCC1)C(C)Cc1ccc(OP(=O)(O)O)cc1.N. The van der Waals surface area contributed by atoms with Crippen molar-refractivity contribution < 1.29 is 23.7 Å². The van der Waals surface area contributed by atoms with E-state index < -0.39 is 7.82 Å². The van der Waals surface area contributed by atoms with Gasteiger partial charge in [-0.3, -0.25) is 14.6 Å². The predicted octanol–water partition coefficient (Wildman–Crippen LogP) is 4.89. The van der Waals surface area contributed by atoms with Gasteiger partial charge < -0.3 is 15.6 Å². The minimum Gasteiger partial charge on any atom is -0.404 e. The number of hydrogen-bond donors (Lipinski definition) is 3. The van der Waals surface area contributed by atoms with Gasteiger partial charge in [0.15, 0.2) is 0 Å². The first-order valence-electron chi connectivity index (χ1n) is 10.9. The van der Waals surface area contributed by atoms with Gasteiger partial charge in [-0.15, -0.1) is 0 Å². The zero-order valence-electron chi connectivity index (χ0n) is 18.5. The molecule has 1 saturated carbocycles. The number of hydrogen-bond acceptors (Lipinski definition) is 5. The van der Waals surface area contributed by atoms with Crippen LogP contribution in [0, 0.1) is 5.92 Å². The minimum atomic E-state index is -4.52. The molecule has 1 aliphatic rings. The number of phosphoric acid groups is 1. The van der Waals surface area contributed by atoms with Crippen LogP contribution in [0.4, 0.5) is 0 Å². The summed E-state index contributed by atoms with van der Waals surface area (Å²) in [6, 6.07) is 7.20. The molecule has 1 aromatic rings. The maximum Gasteiger partial charge on any atom is 0.524 e. The standard InChI is InChI=1S/C22H36NO5P.H3N/c1-3-15-23(16-7-10-22(24)20-8-5-4-6-9-20)18(2)17-19-11-13-21(14-12-19)28-29(25,26)27;/h11-14,18,20H,3-10,15-17H2,1-2H3,(H2,25,26,27);1H3. The zero-order chi connectivity index (χ0) is 21.3. The summed E-state index contributed by atoms with van der Waals surface area (Å²) in [5.41, 5.74) is 1.09. The van der Waals surface area contributed by atoms with Gasteiger partial charge in [0.1, 0.15) is 11.5 Å². The van der Waals surface area contributed by atoms with E-state index in [-0.39, 0.29) is 11.9 Å². The molecular weight excluding hydrogens is 403 g/mol. The Labute approximate surface area is 181 Å². The largest absolute Gasteiger partial charge is 0.524 e. The van der Waals surface area contributed by atoms with Crippen LogP contribution in [0.5, 0.6) is 5.75 Å². The number of carbonyl (C=O) groups is 1. The van der Waals surface area contributed by atoms with E-state index in [1.54, 1.807) is 12.1 Å². The van der Waals surface area contributed by atoms with E-state index in [0.717, 1.165) is 50.8 Å². The van der Waals surface area contributed by atoms with Crippen LogP contribution in [-0.2, 0) is 15.8 Å². The fraction of sp³-hybridized carbons (Fsp3) is 0.682. The van der Waals surface area contributed by atoms with E-state index in [1.165, 1.54) is 19.3 Å². The van der Waals surface area contributed by atoms with E-state index in [4.69, 9.17) is 9.79 Å². The normalized spacial score (nSPS) is 16.2. The molecule has 0 bridgehead atoms. The first-order valence-corrected chi connectivity index (χ1v) is 12.4. The highest BCUT2D eigenvalue weighted by Crippen LogP contribution is 2.37. The smallest absolute Gasteiger partial charge is 0.404 e. The summed E-state index contributed by atoms with van der Waals surface area (Å²) in [6.07, 6.45) is 9.34. The molecule has 0 spiro atoms. The van der Waals surface area contributed by atoms with Gasteiger partial charge in [-0.25, -0.2) is 4.57 Å². The van der Waals surface area contributed by atoms with Gasteiger partial charge in [0.05, 0.1) is 0 Å². The van der Waals surface area contributed by atoms with Gasteiger partial charge in [-0.1, -0.05) is 38.3 Å². The molecule has 0 saturated heterocycles. The second-order valence-electron chi connectivity index (χ2n) is 8.22. The molecule has 1 aliphatic carbocycles. The number of phosphoric ester groups is 1. The van der Waals surface area contributed by atoms with Crippen molar-refractivity contribution in [2.45, 2.75) is 77.7 Å². The molecule has 0 aromatic heterocycles. The monoisotopic (exact) mass is 442 g/mol. The molecule has 1 atom stereocenters. The molecule has 0 amide bonds. The average molecular weight is 443 g/mol. The molecule has 0 aliphatic heterocycles. The van der Waals surface area contributed by atoms with Gasteiger partial charge in [0.2, 0.25) is 0 Å². The van der Waals surface area contributed by atoms with E-state index in [0.29, 0.717) is 24.2 Å². The lowest BCUT2D eigenvalue weighted by Crippen LogP contribution is -2.36. The predicted molar refractivity (Wildman–Crippen MR) is 120 cm³/mol. The molecule has 7 nitrogen and oxygen atoms in total. The third-order valence-electron chi connectivity index (χ3n) is 5.74. The van der Waals surface area contributed by atoms with E-state index in [2.05, 4.69) is 23.3 Å². The lowest BCUT2D eigenvalue weighted by Gasteiger charge is -2.29. The highest BCUT2D eigenvalue weighted by molar-refractivity contribution is 7.46. The van der Waals surface area contributed by atoms with E-state index >= 15 is 0 Å². The first-order chi connectivity index (χ1) is 13.8. The Morgan fingerprint density at radius 2 is 1.80 bits per heavy atom. The molecule has 8 heteroatoms. The number of carbonyl (C=O) groups excluding carboxylic acids is 1. The van der Waals surface area contributed by atoms with Crippen LogP contribution in [0.1, 0.15) is 70.8 Å². The Balaban J connectivity index is 0.00000450. The summed E-state index contributed by atoms with van der Waals surface area (Å²) in [6.45, 7) is 6.28. The number of Topliss-reactive ketones (excluding diaryl/α,β-unsaturated/α-hetero) is 1. The fourth-order valence-electron chi connectivity index (χ4n) is 4.22. The Morgan fingerprint density at radius 3 is 2.37 bits per heavy atom. The fourth-order valence-corrected chi connectivity index (χ4v) is 4.62. The number of benzene rings is 1. The number of ketones is 1. The zero-order valence-corrected chi connectivity index (χ0v) is 19.4. The molecule has 1 unspecified atom stereocenters. The summed E-state index contributed by atoms with van der Waals surface area (Å²) < 4.78 is 15.5. The van der Waals surface area contributed by atoms with Crippen LogP contribution in [0.15, 0.2) is 24.3 Å². The average Bonchev–Trinajstić information content (AvgIpc) is 2.68. The molecule has 5 N–H and O–H groups in total. The summed E-state index contributed by atoms with van der Waals surface area (Å²) >= 11 is 0. The second-order valence-corrected chi connectivity index (χ2v) is 9.38. The number of nitrogens with zero attached hydrogens (tertiary/aromatic N) is 1. The van der Waals surface area contributed by atoms with Crippen LogP contribution in [-0.4, -0.2) is 39.6 Å². The Morgan fingerprint density at radius 1 is 1.17 bits per heavy atom. The van der Waals surface area contributed by atoms with Crippen LogP contribution in [0.3, 0.4) is 0 Å². The van der Waals surface area contributed by atoms with Gasteiger partial charge in [0, 0.05) is 18.4 Å². The molecular formula is C22H39N2O5P. The van der Waals surface area contributed by atoms with Gasteiger partial charge in [-0.05, 0) is 69.8 Å². The Hall–Kier alpha value is -1.24. The van der Waals surface area contributed by atoms with E-state index in [9.17, 15) is 9.36 Å². The molecule has 1 aromatic carbocycles. The van der Waals surface area contributed by atoms with Crippen LogP contribution in [0.2, 0.25) is 0 Å². The maximum atomic E-state index is 12.4. The number of rotatable bonds is 12. The molecule has 0 radical (unpaired) electrons. The lowest BCUT2D eigenvalue weighted by atomic mass is 9.85. The van der Waals surface area contributed by atoms with Crippen molar-refractivity contribution in [1.29, 1.82) is 0 Å². The van der Waals surface area contributed by atoms with Crippen molar-refractivity contribution in [2.24, 2.45) is 5.92 Å². The Kier molecular flexibility index (Phi) is 11.8. The highest BCUT2D eigenvalue weighted by atomic mass is 31.2. The molecule has 1 fully saturated rings. The van der Waals surface area contributed by atoms with Crippen molar-refractivity contribution >= 4 is 13.6 Å². The van der Waals surface area contributed by atoms with Crippen molar-refractivity contribution in [1.82, 2.24) is 11.1 Å². The third kappa shape index (κ3) is 9.71. The van der Waals surface area contributed by atoms with Crippen LogP contribution in [0.25, 0.3) is 0 Å². The summed E-state index contributed by atoms with van der Waals surface area (Å²) in [5, 5.41) is 0. The van der Waals surface area contributed by atoms with Crippen LogP contribution >= 0.6 is 7.82 Å². The maximum absolute atomic E-state index is 12.4. The molecule has 2 rings (SSSR count). The third-order valence-corrected chi connectivity index (χ3v) is 6.19. The van der Waals surface area contributed by atoms with Crippen molar-refractivity contribution in [3.8, 4) is 5.75 Å². The lowest BCUT2D eigenvalue weighted by molar-refractivity contribution is -0.124. The van der Waals surface area contributed by atoms with Gasteiger partial charge in [-0.2, -0.15) is 0 Å². The molecule has 0 heterocycles. The quantitative estimate of drug-likeness (QED) is 0.394. The summed E-state index contributed by atoms with van der Waals surface area (Å²) in [5.74, 6) is 0.922. The van der Waals surface area contributed by atoms with Crippen molar-refractivity contribution in [2.75, 3.05) is 13.1 Å². The van der Waals surface area contributed by atoms with E-state index in [1.807, 2.05) is 12.1 Å². The molecule has 30 heavy (non-hydrogen) atoms. The Bertz CT molecular complexity index is 671. The summed E-state index contributed by atoms with van der Waals surface area (Å²) in [4.78, 5) is 32.6. The van der Waals surface area contributed by atoms with Gasteiger partial charge in [0.25, 0.3) is 0 Å². The first kappa shape index (κ1) is 26.8. The highest BCUT2D eigenvalue weighted by Gasteiger charge is 2.21. The second kappa shape index (κ2) is 13.2. The van der Waals surface area contributed by atoms with Gasteiger partial charge >= 0.3 is 7.82 Å². The van der Waals surface area contributed by atoms with Crippen LogP contribution < -0.4 is 10.7 Å². The minimum absolute atomic E-state index is 0. The van der Waals surface area contributed by atoms with Crippen molar-refractivity contribution in [3.63, 3.8) is 0 Å². The summed E-state index contributed by atoms with van der Waals surface area (Å²) in [7, 11) is -4.52. The topological polar surface area (TPSA) is 122 Å². The van der Waals surface area contributed by atoms with Crippen molar-refractivity contribution in [3.05, 3.63) is 29.8 Å². The molecule has 172 valence electrons.